The lowest BCUT2D eigenvalue weighted by molar-refractivity contribution is 0.0278. The van der Waals surface area contributed by atoms with Crippen LogP contribution in [-0.2, 0) is 14.6 Å². The predicted molar refractivity (Wildman–Crippen MR) is 91.1 cm³/mol. The molecule has 0 saturated heterocycles. The number of rotatable bonds is 3. The molecule has 1 aliphatic heterocycles. The van der Waals surface area contributed by atoms with E-state index in [9.17, 15) is 18.0 Å². The smallest absolute Gasteiger partial charge is 0.338 e. The van der Waals surface area contributed by atoms with E-state index in [0.29, 0.717) is 11.1 Å². The first-order chi connectivity index (χ1) is 11.9. The molecule has 1 N–H and O–H groups in total. The molecule has 6 nitrogen and oxygen atoms in total. The minimum absolute atomic E-state index is 0.0692. The zero-order chi connectivity index (χ0) is 18.0. The second kappa shape index (κ2) is 6.68. The Hall–Kier alpha value is -2.67. The summed E-state index contributed by atoms with van der Waals surface area (Å²) in [5.41, 5.74) is 1.08. The van der Waals surface area contributed by atoms with Gasteiger partial charge in [-0.25, -0.2) is 13.2 Å². The van der Waals surface area contributed by atoms with E-state index in [4.69, 9.17) is 4.74 Å². The highest BCUT2D eigenvalue weighted by Gasteiger charge is 2.32. The number of nitrogens with one attached hydrogen (secondary N) is 1. The van der Waals surface area contributed by atoms with Gasteiger partial charge in [-0.2, -0.15) is 0 Å². The largest absolute Gasteiger partial charge is 0.454 e. The number of amides is 1. The Morgan fingerprint density at radius 1 is 1.08 bits per heavy atom. The third-order valence-corrected chi connectivity index (χ3v) is 5.90. The Morgan fingerprint density at radius 2 is 1.80 bits per heavy atom. The molecule has 3 rings (SSSR count). The molecule has 1 amide bonds. The number of fused-ring (bicyclic) bond motifs is 1. The predicted octanol–water partition coefficient (Wildman–Crippen LogP) is 2.12. The van der Waals surface area contributed by atoms with Crippen molar-refractivity contribution in [2.45, 2.75) is 17.4 Å². The standard InChI is InChI=1S/C18H17NO5S/c1-19-17(20)12-5-4-6-13(11-12)18(21)24-15-9-10-25(22,23)16-8-3-2-7-14(15)16/h2-8,11,15H,9-10H2,1H3,(H,19,20)/t15-/m0/s1. The number of carbonyl (C=O) groups is 2. The molecule has 0 saturated carbocycles. The van der Waals surface area contributed by atoms with Gasteiger partial charge in [0, 0.05) is 24.6 Å². The first kappa shape index (κ1) is 17.2. The quantitative estimate of drug-likeness (QED) is 0.848. The van der Waals surface area contributed by atoms with Crippen molar-refractivity contribution in [3.63, 3.8) is 0 Å². The van der Waals surface area contributed by atoms with Gasteiger partial charge in [0.05, 0.1) is 16.2 Å². The molecule has 2 aromatic carbocycles. The zero-order valence-corrected chi connectivity index (χ0v) is 14.4. The minimum Gasteiger partial charge on any atom is -0.454 e. The molecule has 1 aliphatic rings. The van der Waals surface area contributed by atoms with E-state index in [1.807, 2.05) is 0 Å². The third kappa shape index (κ3) is 3.41. The van der Waals surface area contributed by atoms with Crippen LogP contribution in [0.3, 0.4) is 0 Å². The van der Waals surface area contributed by atoms with Crippen molar-refractivity contribution in [2.24, 2.45) is 0 Å². The first-order valence-corrected chi connectivity index (χ1v) is 9.42. The summed E-state index contributed by atoms with van der Waals surface area (Å²) in [7, 11) is -1.83. The maximum absolute atomic E-state index is 12.4. The minimum atomic E-state index is -3.34. The summed E-state index contributed by atoms with van der Waals surface area (Å²) in [6.07, 6.45) is -0.420. The summed E-state index contributed by atoms with van der Waals surface area (Å²) in [6, 6.07) is 12.7. The normalized spacial score (nSPS) is 18.0. The highest BCUT2D eigenvalue weighted by molar-refractivity contribution is 7.91. The molecule has 25 heavy (non-hydrogen) atoms. The topological polar surface area (TPSA) is 89.5 Å². The number of hydrogen-bond donors (Lipinski definition) is 1. The summed E-state index contributed by atoms with van der Waals surface area (Å²) in [4.78, 5) is 24.3. The molecule has 7 heteroatoms. The van der Waals surface area contributed by atoms with Gasteiger partial charge in [-0.05, 0) is 24.3 Å². The molecule has 0 bridgehead atoms. The van der Waals surface area contributed by atoms with Crippen LogP contribution in [0, 0.1) is 0 Å². The van der Waals surface area contributed by atoms with Gasteiger partial charge < -0.3 is 10.1 Å². The average Bonchev–Trinajstić information content (AvgIpc) is 2.63. The Balaban J connectivity index is 1.86. The van der Waals surface area contributed by atoms with E-state index in [2.05, 4.69) is 5.32 Å². The molecule has 0 radical (unpaired) electrons. The van der Waals surface area contributed by atoms with E-state index in [-0.39, 0.29) is 28.5 Å². The summed E-state index contributed by atoms with van der Waals surface area (Å²) < 4.78 is 29.8. The van der Waals surface area contributed by atoms with Crippen LogP contribution < -0.4 is 5.32 Å². The van der Waals surface area contributed by atoms with Crippen LogP contribution in [0.2, 0.25) is 0 Å². The van der Waals surface area contributed by atoms with Gasteiger partial charge in [-0.3, -0.25) is 4.79 Å². The van der Waals surface area contributed by atoms with Crippen LogP contribution in [0.1, 0.15) is 38.8 Å². The van der Waals surface area contributed by atoms with Crippen molar-refractivity contribution < 1.29 is 22.7 Å². The fourth-order valence-electron chi connectivity index (χ4n) is 2.81. The van der Waals surface area contributed by atoms with Gasteiger partial charge in [0.1, 0.15) is 6.10 Å². The van der Waals surface area contributed by atoms with Gasteiger partial charge in [-0.1, -0.05) is 24.3 Å². The van der Waals surface area contributed by atoms with Crippen LogP contribution in [-0.4, -0.2) is 33.1 Å². The Labute approximate surface area is 145 Å². The van der Waals surface area contributed by atoms with Crippen molar-refractivity contribution >= 4 is 21.7 Å². The summed E-state index contributed by atoms with van der Waals surface area (Å²) in [5, 5.41) is 2.49. The fourth-order valence-corrected chi connectivity index (χ4v) is 4.40. The van der Waals surface area contributed by atoms with Crippen molar-refractivity contribution in [2.75, 3.05) is 12.8 Å². The second-order valence-electron chi connectivity index (χ2n) is 5.70. The molecule has 0 unspecified atom stereocenters. The highest BCUT2D eigenvalue weighted by Crippen LogP contribution is 2.34. The number of sulfone groups is 1. The highest BCUT2D eigenvalue weighted by atomic mass is 32.2. The zero-order valence-electron chi connectivity index (χ0n) is 13.6. The third-order valence-electron chi connectivity index (χ3n) is 4.09. The molecule has 1 atom stereocenters. The molecule has 1 heterocycles. The van der Waals surface area contributed by atoms with Crippen molar-refractivity contribution in [3.05, 3.63) is 65.2 Å². The molecule has 0 aliphatic carbocycles. The molecular weight excluding hydrogens is 342 g/mol. The number of benzene rings is 2. The lowest BCUT2D eigenvalue weighted by Gasteiger charge is -2.25. The molecule has 0 fully saturated rings. The number of ether oxygens (including phenoxy) is 1. The lowest BCUT2D eigenvalue weighted by Crippen LogP contribution is -2.24. The summed E-state index contributed by atoms with van der Waals surface area (Å²) in [6.45, 7) is 0. The van der Waals surface area contributed by atoms with E-state index in [0.717, 1.165) is 0 Å². The Morgan fingerprint density at radius 3 is 2.56 bits per heavy atom. The molecule has 0 spiro atoms. The van der Waals surface area contributed by atoms with Crippen molar-refractivity contribution in [1.29, 1.82) is 0 Å². The van der Waals surface area contributed by atoms with E-state index in [1.165, 1.54) is 19.2 Å². The number of hydrogen-bond acceptors (Lipinski definition) is 5. The molecule has 0 aromatic heterocycles. The van der Waals surface area contributed by atoms with Crippen molar-refractivity contribution in [1.82, 2.24) is 5.32 Å². The Bertz CT molecular complexity index is 936. The van der Waals surface area contributed by atoms with Crippen LogP contribution in [0.25, 0.3) is 0 Å². The fraction of sp³-hybridized carbons (Fsp3) is 0.222. The maximum atomic E-state index is 12.4. The summed E-state index contributed by atoms with van der Waals surface area (Å²) >= 11 is 0. The molecule has 130 valence electrons. The van der Waals surface area contributed by atoms with Gasteiger partial charge in [0.15, 0.2) is 9.84 Å². The Kier molecular flexibility index (Phi) is 4.59. The number of esters is 1. The van der Waals surface area contributed by atoms with Gasteiger partial charge in [0.25, 0.3) is 5.91 Å². The maximum Gasteiger partial charge on any atom is 0.338 e. The molecular formula is C18H17NO5S. The second-order valence-corrected chi connectivity index (χ2v) is 7.78. The lowest BCUT2D eigenvalue weighted by atomic mass is 10.1. The van der Waals surface area contributed by atoms with Crippen molar-refractivity contribution in [3.8, 4) is 0 Å². The van der Waals surface area contributed by atoms with Gasteiger partial charge in [-0.15, -0.1) is 0 Å². The van der Waals surface area contributed by atoms with Gasteiger partial charge in [0.2, 0.25) is 0 Å². The van der Waals surface area contributed by atoms with Crippen LogP contribution in [0.5, 0.6) is 0 Å². The number of carbonyl (C=O) groups excluding carboxylic acids is 2. The van der Waals surface area contributed by atoms with Crippen LogP contribution in [0.15, 0.2) is 53.4 Å². The van der Waals surface area contributed by atoms with E-state index >= 15 is 0 Å². The van der Waals surface area contributed by atoms with Gasteiger partial charge >= 0.3 is 5.97 Å². The van der Waals surface area contributed by atoms with Crippen LogP contribution in [0.4, 0.5) is 0 Å². The van der Waals surface area contributed by atoms with E-state index < -0.39 is 21.9 Å². The molecule has 2 aromatic rings. The van der Waals surface area contributed by atoms with E-state index in [1.54, 1.807) is 36.4 Å². The first-order valence-electron chi connectivity index (χ1n) is 7.77. The summed E-state index contributed by atoms with van der Waals surface area (Å²) in [5.74, 6) is -0.964. The average molecular weight is 359 g/mol. The monoisotopic (exact) mass is 359 g/mol. The van der Waals surface area contributed by atoms with Crippen LogP contribution >= 0.6 is 0 Å². The SMILES string of the molecule is CNC(=O)c1cccc(C(=O)O[C@H]2CCS(=O)(=O)c3ccccc32)c1.